The molecule has 1 spiro atoms. The summed E-state index contributed by atoms with van der Waals surface area (Å²) in [7, 11) is 0. The minimum Gasteiger partial charge on any atom is -0.469 e. The Bertz CT molecular complexity index is 557. The van der Waals surface area contributed by atoms with Crippen molar-refractivity contribution in [2.45, 2.75) is 31.8 Å². The lowest BCUT2D eigenvalue weighted by atomic mass is 9.81. The molecule has 22 heavy (non-hydrogen) atoms. The van der Waals surface area contributed by atoms with Crippen molar-refractivity contribution in [2.75, 3.05) is 32.9 Å². The highest BCUT2D eigenvalue weighted by Crippen LogP contribution is 2.41. The van der Waals surface area contributed by atoms with Gasteiger partial charge in [0.1, 0.15) is 11.4 Å². The first kappa shape index (κ1) is 14.3. The maximum atomic E-state index is 12.4. The van der Waals surface area contributed by atoms with E-state index in [9.17, 15) is 4.79 Å². The number of hydrogen-bond donors (Lipinski definition) is 0. The van der Waals surface area contributed by atoms with Crippen molar-refractivity contribution in [3.63, 3.8) is 0 Å². The molecule has 1 atom stereocenters. The van der Waals surface area contributed by atoms with Crippen LogP contribution >= 0.6 is 0 Å². The zero-order valence-electron chi connectivity index (χ0n) is 13.0. The van der Waals surface area contributed by atoms with Crippen molar-refractivity contribution in [1.29, 1.82) is 0 Å². The molecule has 5 heteroatoms. The monoisotopic (exact) mass is 305 g/mol. The molecular formula is C17H23NO4. The first-order valence-corrected chi connectivity index (χ1v) is 8.23. The van der Waals surface area contributed by atoms with Crippen molar-refractivity contribution >= 4 is 5.91 Å². The second-order valence-electron chi connectivity index (χ2n) is 6.93. The molecule has 0 bridgehead atoms. The van der Waals surface area contributed by atoms with Crippen LogP contribution in [0, 0.1) is 18.8 Å². The summed E-state index contributed by atoms with van der Waals surface area (Å²) in [4.78, 5) is 14.3. The summed E-state index contributed by atoms with van der Waals surface area (Å²) in [5, 5.41) is 0. The number of rotatable bonds is 5. The molecule has 2 aliphatic heterocycles. The Morgan fingerprint density at radius 3 is 2.86 bits per heavy atom. The maximum Gasteiger partial charge on any atom is 0.257 e. The van der Waals surface area contributed by atoms with Crippen LogP contribution in [0.4, 0.5) is 0 Å². The fraction of sp³-hybridized carbons (Fsp3) is 0.706. The average Bonchev–Trinajstić information content (AvgIpc) is 3.03. The van der Waals surface area contributed by atoms with E-state index in [2.05, 4.69) is 0 Å². The average molecular weight is 305 g/mol. The molecule has 5 nitrogen and oxygen atoms in total. The number of amides is 1. The normalized spacial score (nSPS) is 26.4. The molecule has 3 aliphatic rings. The van der Waals surface area contributed by atoms with Gasteiger partial charge in [-0.05, 0) is 38.2 Å². The van der Waals surface area contributed by atoms with Crippen LogP contribution in [0.25, 0.3) is 0 Å². The highest BCUT2D eigenvalue weighted by Gasteiger charge is 2.54. The Kier molecular flexibility index (Phi) is 3.50. The van der Waals surface area contributed by atoms with E-state index in [1.54, 1.807) is 12.3 Å². The zero-order valence-corrected chi connectivity index (χ0v) is 13.0. The maximum absolute atomic E-state index is 12.4. The molecule has 1 saturated carbocycles. The van der Waals surface area contributed by atoms with E-state index in [0.29, 0.717) is 30.3 Å². The number of hydrogen-bond acceptors (Lipinski definition) is 4. The number of aryl methyl sites for hydroxylation is 1. The van der Waals surface area contributed by atoms with Crippen LogP contribution in [-0.2, 0) is 9.47 Å². The van der Waals surface area contributed by atoms with Gasteiger partial charge in [0.25, 0.3) is 5.91 Å². The van der Waals surface area contributed by atoms with Crippen molar-refractivity contribution < 1.29 is 18.7 Å². The van der Waals surface area contributed by atoms with Gasteiger partial charge in [0.2, 0.25) is 0 Å². The van der Waals surface area contributed by atoms with Crippen LogP contribution < -0.4 is 0 Å². The lowest BCUT2D eigenvalue weighted by Crippen LogP contribution is -2.66. The number of carbonyl (C=O) groups is 1. The number of likely N-dealkylation sites (tertiary alicyclic amines) is 1. The van der Waals surface area contributed by atoms with Crippen molar-refractivity contribution in [1.82, 2.24) is 4.90 Å². The third kappa shape index (κ3) is 2.46. The molecule has 1 aliphatic carbocycles. The summed E-state index contributed by atoms with van der Waals surface area (Å²) in [6.45, 7) is 5.61. The minimum atomic E-state index is -0.170. The van der Waals surface area contributed by atoms with Crippen LogP contribution in [0.2, 0.25) is 0 Å². The smallest absolute Gasteiger partial charge is 0.257 e. The van der Waals surface area contributed by atoms with E-state index in [4.69, 9.17) is 13.9 Å². The topological polar surface area (TPSA) is 51.9 Å². The number of carbonyl (C=O) groups excluding carboxylic acids is 1. The van der Waals surface area contributed by atoms with Gasteiger partial charge in [-0.3, -0.25) is 4.79 Å². The van der Waals surface area contributed by atoms with E-state index in [-0.39, 0.29) is 11.5 Å². The molecule has 0 N–H and O–H groups in total. The van der Waals surface area contributed by atoms with Gasteiger partial charge in [0, 0.05) is 19.1 Å². The fourth-order valence-electron chi connectivity index (χ4n) is 3.55. The SMILES string of the molecule is Cc1occc1C(=O)N1CC2(C1)OCC[C@@H]2COCC1CC1. The second-order valence-corrected chi connectivity index (χ2v) is 6.93. The highest BCUT2D eigenvalue weighted by molar-refractivity contribution is 5.95. The van der Waals surface area contributed by atoms with Gasteiger partial charge in [0.05, 0.1) is 31.5 Å². The Hall–Kier alpha value is -1.33. The van der Waals surface area contributed by atoms with Gasteiger partial charge >= 0.3 is 0 Å². The van der Waals surface area contributed by atoms with Gasteiger partial charge in [0.15, 0.2) is 0 Å². The summed E-state index contributed by atoms with van der Waals surface area (Å²) in [6.07, 6.45) is 5.24. The Morgan fingerprint density at radius 1 is 1.36 bits per heavy atom. The fourth-order valence-corrected chi connectivity index (χ4v) is 3.55. The number of furan rings is 1. The predicted molar refractivity (Wildman–Crippen MR) is 79.7 cm³/mol. The second kappa shape index (κ2) is 5.39. The quantitative estimate of drug-likeness (QED) is 0.837. The Morgan fingerprint density at radius 2 is 2.18 bits per heavy atom. The van der Waals surface area contributed by atoms with E-state index in [1.165, 1.54) is 12.8 Å². The van der Waals surface area contributed by atoms with Crippen molar-refractivity contribution in [2.24, 2.45) is 11.8 Å². The molecule has 0 unspecified atom stereocenters. The lowest BCUT2D eigenvalue weighted by molar-refractivity contribution is -0.128. The molecule has 2 saturated heterocycles. The molecule has 1 aromatic heterocycles. The van der Waals surface area contributed by atoms with E-state index in [1.807, 2.05) is 11.8 Å². The molecule has 3 heterocycles. The molecule has 0 aromatic carbocycles. The molecule has 120 valence electrons. The predicted octanol–water partition coefficient (Wildman–Crippen LogP) is 2.25. The van der Waals surface area contributed by atoms with Crippen molar-refractivity contribution in [3.8, 4) is 0 Å². The third-order valence-electron chi connectivity index (χ3n) is 5.26. The van der Waals surface area contributed by atoms with Crippen LogP contribution in [0.15, 0.2) is 16.7 Å². The van der Waals surface area contributed by atoms with Crippen LogP contribution in [-0.4, -0.2) is 49.3 Å². The van der Waals surface area contributed by atoms with Gasteiger partial charge in [-0.25, -0.2) is 0 Å². The lowest BCUT2D eigenvalue weighted by Gasteiger charge is -2.50. The van der Waals surface area contributed by atoms with E-state index >= 15 is 0 Å². The third-order valence-corrected chi connectivity index (χ3v) is 5.26. The molecule has 3 fully saturated rings. The molecule has 1 aromatic rings. The first-order valence-electron chi connectivity index (χ1n) is 8.23. The molecule has 4 rings (SSSR count). The van der Waals surface area contributed by atoms with Gasteiger partial charge < -0.3 is 18.8 Å². The summed E-state index contributed by atoms with van der Waals surface area (Å²) in [5.41, 5.74) is 0.492. The van der Waals surface area contributed by atoms with Gasteiger partial charge in [-0.2, -0.15) is 0 Å². The Labute approximate surface area is 130 Å². The van der Waals surface area contributed by atoms with E-state index in [0.717, 1.165) is 32.2 Å². The molecule has 0 radical (unpaired) electrons. The Balaban J connectivity index is 1.33. The largest absolute Gasteiger partial charge is 0.469 e. The first-order chi connectivity index (χ1) is 10.7. The van der Waals surface area contributed by atoms with Gasteiger partial charge in [-0.15, -0.1) is 0 Å². The van der Waals surface area contributed by atoms with E-state index < -0.39 is 0 Å². The summed E-state index contributed by atoms with van der Waals surface area (Å²) in [6, 6.07) is 1.74. The molecule has 1 amide bonds. The minimum absolute atomic E-state index is 0.0463. The van der Waals surface area contributed by atoms with Crippen LogP contribution in [0.5, 0.6) is 0 Å². The summed E-state index contributed by atoms with van der Waals surface area (Å²) in [5.74, 6) is 1.94. The summed E-state index contributed by atoms with van der Waals surface area (Å²) < 4.78 is 17.1. The van der Waals surface area contributed by atoms with Crippen LogP contribution in [0.1, 0.15) is 35.4 Å². The van der Waals surface area contributed by atoms with Gasteiger partial charge in [-0.1, -0.05) is 0 Å². The number of nitrogens with zero attached hydrogens (tertiary/aromatic N) is 1. The van der Waals surface area contributed by atoms with Crippen molar-refractivity contribution in [3.05, 3.63) is 23.7 Å². The summed E-state index contributed by atoms with van der Waals surface area (Å²) >= 11 is 0. The van der Waals surface area contributed by atoms with Crippen LogP contribution in [0.3, 0.4) is 0 Å². The standard InChI is InChI=1S/C17H23NO4/c1-12-15(5-6-21-12)16(19)18-10-17(11-18)14(4-7-22-17)9-20-8-13-2-3-13/h5-6,13-14H,2-4,7-11H2,1H3/t14-/m1/s1. The molecular weight excluding hydrogens is 282 g/mol. The number of ether oxygens (including phenoxy) is 2. The zero-order chi connectivity index (χ0) is 15.2. The highest BCUT2D eigenvalue weighted by atomic mass is 16.5.